The number of nitrogens with one attached hydrogen (secondary N) is 1. The molecule has 0 amide bonds. The Morgan fingerprint density at radius 1 is 0.833 bits per heavy atom. The van der Waals surface area contributed by atoms with E-state index in [0.717, 1.165) is 20.8 Å². The molecule has 30 heavy (non-hydrogen) atoms. The third-order valence-electron chi connectivity index (χ3n) is 3.69. The number of esters is 4. The number of hydrogen-bond acceptors (Lipinski definition) is 11. The number of hydrogen-bond donors (Lipinski definition) is 1. The molecule has 1 aliphatic rings. The highest BCUT2D eigenvalue weighted by Gasteiger charge is 2.52. The quantitative estimate of drug-likeness (QED) is 0.311. The zero-order valence-corrected chi connectivity index (χ0v) is 18.3. The van der Waals surface area contributed by atoms with Crippen LogP contribution in [0.4, 0.5) is 0 Å². The first kappa shape index (κ1) is 25.6. The van der Waals surface area contributed by atoms with E-state index in [0.29, 0.717) is 13.0 Å². The second-order valence-electron chi connectivity index (χ2n) is 6.40. The Morgan fingerprint density at radius 3 is 1.87 bits per heavy atom. The standard InChI is InChI=1S/C18H27NO10S/c1-6-7-24-18(30)19-17-16(28-12(5)23)15(27-11(4)22)14(26-10(3)21)13(29-17)8-25-9(2)20/h13-17H,6-8H2,1-5H3,(H,19,30)/t13-,14+,15-,16-,17-/m1/s1. The van der Waals surface area contributed by atoms with Gasteiger partial charge in [0.25, 0.3) is 5.17 Å². The molecule has 0 unspecified atom stereocenters. The Bertz CT molecular complexity index is 655. The van der Waals surface area contributed by atoms with Crippen LogP contribution in [0, 0.1) is 0 Å². The highest BCUT2D eigenvalue weighted by atomic mass is 32.1. The molecule has 0 aromatic rings. The second kappa shape index (κ2) is 12.3. The molecule has 0 aliphatic carbocycles. The van der Waals surface area contributed by atoms with Gasteiger partial charge in [-0.1, -0.05) is 6.92 Å². The number of carbonyl (C=O) groups excluding carboxylic acids is 4. The van der Waals surface area contributed by atoms with Crippen LogP contribution in [0.25, 0.3) is 0 Å². The van der Waals surface area contributed by atoms with Crippen molar-refractivity contribution in [3.63, 3.8) is 0 Å². The zero-order chi connectivity index (χ0) is 22.8. The van der Waals surface area contributed by atoms with Crippen molar-refractivity contribution >= 4 is 41.3 Å². The Balaban J connectivity index is 3.27. The maximum atomic E-state index is 11.7. The van der Waals surface area contributed by atoms with Crippen molar-refractivity contribution in [3.8, 4) is 0 Å². The topological polar surface area (TPSA) is 136 Å². The predicted molar refractivity (Wildman–Crippen MR) is 104 cm³/mol. The average Bonchev–Trinajstić information content (AvgIpc) is 2.62. The van der Waals surface area contributed by atoms with Crippen LogP contribution in [0.3, 0.4) is 0 Å². The zero-order valence-electron chi connectivity index (χ0n) is 17.5. The maximum Gasteiger partial charge on any atom is 0.303 e. The monoisotopic (exact) mass is 449 g/mol. The van der Waals surface area contributed by atoms with Gasteiger partial charge in [-0.3, -0.25) is 19.2 Å². The second-order valence-corrected chi connectivity index (χ2v) is 6.77. The summed E-state index contributed by atoms with van der Waals surface area (Å²) in [6.07, 6.45) is -5.24. The molecule has 0 spiro atoms. The maximum absolute atomic E-state index is 11.7. The fraction of sp³-hybridized carbons (Fsp3) is 0.722. The molecule has 12 heteroatoms. The largest absolute Gasteiger partial charge is 0.471 e. The summed E-state index contributed by atoms with van der Waals surface area (Å²) in [4.78, 5) is 46.3. The summed E-state index contributed by atoms with van der Waals surface area (Å²) < 4.78 is 32.0. The normalized spacial score (nSPS) is 25.4. The smallest absolute Gasteiger partial charge is 0.303 e. The van der Waals surface area contributed by atoms with E-state index in [1.54, 1.807) is 0 Å². The fourth-order valence-electron chi connectivity index (χ4n) is 2.70. The van der Waals surface area contributed by atoms with Crippen LogP contribution >= 0.6 is 12.2 Å². The molecule has 0 bridgehead atoms. The van der Waals surface area contributed by atoms with Gasteiger partial charge in [-0.05, 0) is 18.6 Å². The molecule has 1 heterocycles. The van der Waals surface area contributed by atoms with Gasteiger partial charge in [-0.15, -0.1) is 0 Å². The number of carbonyl (C=O) groups is 4. The van der Waals surface area contributed by atoms with E-state index in [1.165, 1.54) is 6.92 Å². The fourth-order valence-corrected chi connectivity index (χ4v) is 2.90. The summed E-state index contributed by atoms with van der Waals surface area (Å²) in [5, 5.41) is 2.70. The van der Waals surface area contributed by atoms with Crippen molar-refractivity contribution in [1.82, 2.24) is 5.32 Å². The third kappa shape index (κ3) is 8.49. The molecule has 0 aromatic heterocycles. The molecule has 1 saturated heterocycles. The summed E-state index contributed by atoms with van der Waals surface area (Å²) in [6, 6.07) is 0. The molecule has 0 aromatic carbocycles. The highest BCUT2D eigenvalue weighted by Crippen LogP contribution is 2.28. The SMILES string of the molecule is CCCOC(=S)N[C@@H]1O[C@H](COC(C)=O)[C@H](OC(C)=O)[C@@H](OC(C)=O)[C@H]1OC(C)=O. The average molecular weight is 449 g/mol. The van der Waals surface area contributed by atoms with E-state index in [1.807, 2.05) is 6.92 Å². The van der Waals surface area contributed by atoms with Crippen LogP contribution in [0.1, 0.15) is 41.0 Å². The van der Waals surface area contributed by atoms with Gasteiger partial charge >= 0.3 is 23.9 Å². The van der Waals surface area contributed by atoms with Crippen molar-refractivity contribution in [1.29, 1.82) is 0 Å². The molecule has 0 saturated carbocycles. The Morgan fingerprint density at radius 2 is 1.37 bits per heavy atom. The highest BCUT2D eigenvalue weighted by molar-refractivity contribution is 7.80. The van der Waals surface area contributed by atoms with Crippen molar-refractivity contribution < 1.29 is 47.6 Å². The first-order valence-electron chi connectivity index (χ1n) is 9.28. The minimum absolute atomic E-state index is 0.0438. The van der Waals surface area contributed by atoms with Crippen LogP contribution in [0.15, 0.2) is 0 Å². The summed E-state index contributed by atoms with van der Waals surface area (Å²) in [5.74, 6) is -2.72. The van der Waals surface area contributed by atoms with Gasteiger partial charge in [0, 0.05) is 27.7 Å². The van der Waals surface area contributed by atoms with E-state index in [4.69, 9.17) is 40.6 Å². The lowest BCUT2D eigenvalue weighted by molar-refractivity contribution is -0.255. The van der Waals surface area contributed by atoms with Gasteiger partial charge in [-0.2, -0.15) is 0 Å². The lowest BCUT2D eigenvalue weighted by Gasteiger charge is -2.44. The molecule has 1 fully saturated rings. The van der Waals surface area contributed by atoms with Crippen molar-refractivity contribution in [2.24, 2.45) is 0 Å². The molecular weight excluding hydrogens is 422 g/mol. The molecular formula is C18H27NO10S. The van der Waals surface area contributed by atoms with E-state index < -0.39 is 54.5 Å². The van der Waals surface area contributed by atoms with Crippen LogP contribution in [0.5, 0.6) is 0 Å². The van der Waals surface area contributed by atoms with E-state index in [-0.39, 0.29) is 11.8 Å². The van der Waals surface area contributed by atoms with Gasteiger partial charge in [-0.25, -0.2) is 0 Å². The first-order valence-corrected chi connectivity index (χ1v) is 9.69. The third-order valence-corrected chi connectivity index (χ3v) is 3.92. The lowest BCUT2D eigenvalue weighted by Crippen LogP contribution is -2.66. The molecule has 5 atom stereocenters. The Hall–Kier alpha value is -2.47. The molecule has 170 valence electrons. The van der Waals surface area contributed by atoms with Gasteiger partial charge in [0.1, 0.15) is 12.7 Å². The van der Waals surface area contributed by atoms with Crippen molar-refractivity contribution in [2.45, 2.75) is 71.7 Å². The minimum Gasteiger partial charge on any atom is -0.471 e. The van der Waals surface area contributed by atoms with Crippen LogP contribution in [-0.4, -0.2) is 72.9 Å². The van der Waals surface area contributed by atoms with E-state index in [9.17, 15) is 19.2 Å². The summed E-state index contributed by atoms with van der Waals surface area (Å²) >= 11 is 5.11. The first-order chi connectivity index (χ1) is 14.0. The van der Waals surface area contributed by atoms with E-state index in [2.05, 4.69) is 5.32 Å². The number of rotatable bonds is 8. The predicted octanol–water partition coefficient (Wildman–Crippen LogP) is 0.371. The van der Waals surface area contributed by atoms with Crippen molar-refractivity contribution in [2.75, 3.05) is 13.2 Å². The Kier molecular flexibility index (Phi) is 10.5. The summed E-state index contributed by atoms with van der Waals surface area (Å²) in [7, 11) is 0. The van der Waals surface area contributed by atoms with E-state index >= 15 is 0 Å². The van der Waals surface area contributed by atoms with Gasteiger partial charge < -0.3 is 33.7 Å². The Labute approximate surface area is 179 Å². The van der Waals surface area contributed by atoms with Crippen LogP contribution < -0.4 is 5.32 Å². The molecule has 11 nitrogen and oxygen atoms in total. The molecule has 1 aliphatic heterocycles. The van der Waals surface area contributed by atoms with Crippen molar-refractivity contribution in [3.05, 3.63) is 0 Å². The molecule has 0 radical (unpaired) electrons. The lowest BCUT2D eigenvalue weighted by atomic mass is 9.97. The number of ether oxygens (including phenoxy) is 6. The van der Waals surface area contributed by atoms with Crippen LogP contribution in [0.2, 0.25) is 0 Å². The van der Waals surface area contributed by atoms with Gasteiger partial charge in [0.05, 0.1) is 6.61 Å². The van der Waals surface area contributed by atoms with Gasteiger partial charge in [0.15, 0.2) is 24.5 Å². The minimum atomic E-state index is -1.27. The van der Waals surface area contributed by atoms with Gasteiger partial charge in [0.2, 0.25) is 0 Å². The summed E-state index contributed by atoms with van der Waals surface area (Å²) in [5.41, 5.74) is 0. The molecule has 1 rings (SSSR count). The number of thiocarbonyl (C=S) groups is 1. The van der Waals surface area contributed by atoms with Crippen LogP contribution in [-0.2, 0) is 47.6 Å². The summed E-state index contributed by atoms with van der Waals surface area (Å²) in [6.45, 7) is 6.53. The molecule has 1 N–H and O–H groups in total.